The number of anilines is 2. The van der Waals surface area contributed by atoms with Crippen molar-refractivity contribution in [2.24, 2.45) is 0 Å². The molecular weight excluding hydrogens is 570 g/mol. The standard InChI is InChI=1S/C28H20BrN3O5S/c1-18(33)31-22-10-12-23(13-11-22)38(35,36)37-27-14-9-19(16-25(27)29)15-21(17-30)28(34)32-26-8-4-6-20-5-2-3-7-24(20)26/h2-16H,1H3,(H,31,33)(H,32,34)/b21-15+. The predicted molar refractivity (Wildman–Crippen MR) is 149 cm³/mol. The number of hydrogen-bond acceptors (Lipinski definition) is 6. The lowest BCUT2D eigenvalue weighted by Gasteiger charge is -2.10. The summed E-state index contributed by atoms with van der Waals surface area (Å²) in [6, 6.07) is 25.0. The zero-order chi connectivity index (χ0) is 27.3. The molecule has 4 rings (SSSR count). The molecule has 0 spiro atoms. The third-order valence-electron chi connectivity index (χ3n) is 5.33. The minimum absolute atomic E-state index is 0.0202. The minimum atomic E-state index is -4.16. The van der Waals surface area contributed by atoms with Crippen LogP contribution in [-0.4, -0.2) is 20.2 Å². The van der Waals surface area contributed by atoms with Gasteiger partial charge in [-0.3, -0.25) is 9.59 Å². The highest BCUT2D eigenvalue weighted by Crippen LogP contribution is 2.30. The summed E-state index contributed by atoms with van der Waals surface area (Å²) in [7, 11) is -4.16. The Kier molecular flexibility index (Phi) is 7.90. The van der Waals surface area contributed by atoms with Crippen molar-refractivity contribution in [3.05, 3.63) is 101 Å². The number of hydrogen-bond donors (Lipinski definition) is 2. The van der Waals surface area contributed by atoms with Crippen molar-refractivity contribution in [1.29, 1.82) is 5.26 Å². The molecule has 0 bridgehead atoms. The van der Waals surface area contributed by atoms with Gasteiger partial charge < -0.3 is 14.8 Å². The van der Waals surface area contributed by atoms with Gasteiger partial charge in [-0.25, -0.2) is 0 Å². The van der Waals surface area contributed by atoms with E-state index in [9.17, 15) is 23.3 Å². The Morgan fingerprint density at radius 2 is 1.66 bits per heavy atom. The first-order chi connectivity index (χ1) is 18.2. The van der Waals surface area contributed by atoms with Crippen LogP contribution in [0.1, 0.15) is 12.5 Å². The molecular formula is C28H20BrN3O5S. The van der Waals surface area contributed by atoms with E-state index in [2.05, 4.69) is 26.6 Å². The van der Waals surface area contributed by atoms with E-state index in [4.69, 9.17) is 4.18 Å². The molecule has 0 saturated heterocycles. The molecule has 10 heteroatoms. The van der Waals surface area contributed by atoms with Crippen LogP contribution in [0.2, 0.25) is 0 Å². The summed E-state index contributed by atoms with van der Waals surface area (Å²) in [5, 5.41) is 16.7. The van der Waals surface area contributed by atoms with Crippen molar-refractivity contribution in [2.75, 3.05) is 10.6 Å². The van der Waals surface area contributed by atoms with E-state index in [-0.39, 0.29) is 22.1 Å². The van der Waals surface area contributed by atoms with Gasteiger partial charge in [0.1, 0.15) is 16.5 Å². The van der Waals surface area contributed by atoms with Gasteiger partial charge in [-0.1, -0.05) is 42.5 Å². The molecule has 0 unspecified atom stereocenters. The molecule has 8 nitrogen and oxygen atoms in total. The van der Waals surface area contributed by atoms with Crippen molar-refractivity contribution < 1.29 is 22.2 Å². The van der Waals surface area contributed by atoms with Gasteiger partial charge in [-0.15, -0.1) is 0 Å². The molecule has 0 atom stereocenters. The van der Waals surface area contributed by atoms with Crippen LogP contribution in [-0.2, 0) is 19.7 Å². The van der Waals surface area contributed by atoms with Gasteiger partial charge >= 0.3 is 10.1 Å². The SMILES string of the molecule is CC(=O)Nc1ccc(S(=O)(=O)Oc2ccc(/C=C(\C#N)C(=O)Nc3cccc4ccccc34)cc2Br)cc1. The Balaban J connectivity index is 1.52. The Morgan fingerprint density at radius 1 is 0.947 bits per heavy atom. The maximum absolute atomic E-state index is 12.8. The molecule has 2 N–H and O–H groups in total. The number of nitriles is 1. The second-order valence-corrected chi connectivity index (χ2v) is 10.5. The smallest absolute Gasteiger partial charge is 0.339 e. The summed E-state index contributed by atoms with van der Waals surface area (Å²) in [4.78, 5) is 23.9. The van der Waals surface area contributed by atoms with Crippen LogP contribution in [0.4, 0.5) is 11.4 Å². The molecule has 2 amide bonds. The van der Waals surface area contributed by atoms with Crippen LogP contribution < -0.4 is 14.8 Å². The summed E-state index contributed by atoms with van der Waals surface area (Å²) in [6.45, 7) is 1.35. The van der Waals surface area contributed by atoms with Gasteiger partial charge in [-0.2, -0.15) is 13.7 Å². The zero-order valence-electron chi connectivity index (χ0n) is 19.9. The number of amides is 2. The van der Waals surface area contributed by atoms with Crippen LogP contribution in [0.3, 0.4) is 0 Å². The molecule has 0 aliphatic rings. The number of carbonyl (C=O) groups excluding carboxylic acids is 2. The highest BCUT2D eigenvalue weighted by Gasteiger charge is 2.19. The van der Waals surface area contributed by atoms with Crippen molar-refractivity contribution in [2.45, 2.75) is 11.8 Å². The summed E-state index contributed by atoms with van der Waals surface area (Å²) in [6.07, 6.45) is 1.39. The third-order valence-corrected chi connectivity index (χ3v) is 7.20. The lowest BCUT2D eigenvalue weighted by atomic mass is 10.1. The Morgan fingerprint density at radius 3 is 2.34 bits per heavy atom. The van der Waals surface area contributed by atoms with E-state index < -0.39 is 16.0 Å². The molecule has 190 valence electrons. The van der Waals surface area contributed by atoms with Gasteiger partial charge in [0.05, 0.1) is 4.47 Å². The monoisotopic (exact) mass is 589 g/mol. The first kappa shape index (κ1) is 26.6. The second kappa shape index (κ2) is 11.3. The zero-order valence-corrected chi connectivity index (χ0v) is 22.3. The first-order valence-corrected chi connectivity index (χ1v) is 13.4. The van der Waals surface area contributed by atoms with Crippen molar-refractivity contribution >= 4 is 66.1 Å². The van der Waals surface area contributed by atoms with Crippen LogP contribution in [0.25, 0.3) is 16.8 Å². The van der Waals surface area contributed by atoms with Gasteiger partial charge in [0.15, 0.2) is 5.75 Å². The predicted octanol–water partition coefficient (Wildman–Crippen LogP) is 5.87. The van der Waals surface area contributed by atoms with Gasteiger partial charge in [0, 0.05) is 23.7 Å². The highest BCUT2D eigenvalue weighted by molar-refractivity contribution is 9.10. The summed E-state index contributed by atoms with van der Waals surface area (Å²) < 4.78 is 31.0. The Labute approximate surface area is 227 Å². The quantitative estimate of drug-likeness (QED) is 0.158. The molecule has 0 heterocycles. The summed E-state index contributed by atoms with van der Waals surface area (Å²) in [5.41, 5.74) is 1.37. The number of fused-ring (bicyclic) bond motifs is 1. The molecule has 0 radical (unpaired) electrons. The number of nitrogens with zero attached hydrogens (tertiary/aromatic N) is 1. The molecule has 0 aromatic heterocycles. The van der Waals surface area contributed by atoms with Crippen LogP contribution in [0, 0.1) is 11.3 Å². The van der Waals surface area contributed by atoms with Crippen LogP contribution >= 0.6 is 15.9 Å². The molecule has 0 saturated carbocycles. The summed E-state index contributed by atoms with van der Waals surface area (Å²) in [5.74, 6) is -0.835. The fraction of sp³-hybridized carbons (Fsp3) is 0.0357. The van der Waals surface area contributed by atoms with Gasteiger partial charge in [-0.05, 0) is 75.4 Å². The maximum Gasteiger partial charge on any atom is 0.339 e. The fourth-order valence-corrected chi connectivity index (χ4v) is 5.12. The largest absolute Gasteiger partial charge is 0.378 e. The Hall–Kier alpha value is -4.46. The Bertz CT molecular complexity index is 1720. The van der Waals surface area contributed by atoms with Crippen molar-refractivity contribution in [3.8, 4) is 11.8 Å². The lowest BCUT2D eigenvalue weighted by Crippen LogP contribution is -2.13. The van der Waals surface area contributed by atoms with Crippen LogP contribution in [0.15, 0.2) is 99.9 Å². The van der Waals surface area contributed by atoms with Crippen LogP contribution in [0.5, 0.6) is 5.75 Å². The lowest BCUT2D eigenvalue weighted by molar-refractivity contribution is -0.114. The highest BCUT2D eigenvalue weighted by atomic mass is 79.9. The number of carbonyl (C=O) groups is 2. The fourth-order valence-electron chi connectivity index (χ4n) is 3.59. The van der Waals surface area contributed by atoms with E-state index in [0.29, 0.717) is 21.4 Å². The second-order valence-electron chi connectivity index (χ2n) is 8.08. The minimum Gasteiger partial charge on any atom is -0.378 e. The molecule has 0 aliphatic heterocycles. The normalized spacial score (nSPS) is 11.4. The average Bonchev–Trinajstić information content (AvgIpc) is 2.89. The molecule has 4 aromatic carbocycles. The maximum atomic E-state index is 12.8. The average molecular weight is 590 g/mol. The number of nitrogens with one attached hydrogen (secondary N) is 2. The van der Waals surface area contributed by atoms with Crippen molar-refractivity contribution in [1.82, 2.24) is 0 Å². The van der Waals surface area contributed by atoms with E-state index in [0.717, 1.165) is 10.8 Å². The third kappa shape index (κ3) is 6.26. The number of rotatable bonds is 7. The molecule has 0 aliphatic carbocycles. The molecule has 4 aromatic rings. The van der Waals surface area contributed by atoms with Gasteiger partial charge in [0.25, 0.3) is 5.91 Å². The van der Waals surface area contributed by atoms with E-state index >= 15 is 0 Å². The first-order valence-electron chi connectivity index (χ1n) is 11.2. The van der Waals surface area contributed by atoms with Gasteiger partial charge in [0.2, 0.25) is 5.91 Å². The number of benzene rings is 4. The number of halogens is 1. The van der Waals surface area contributed by atoms with Crippen molar-refractivity contribution in [3.63, 3.8) is 0 Å². The molecule has 38 heavy (non-hydrogen) atoms. The van der Waals surface area contributed by atoms with E-state index in [1.807, 2.05) is 42.5 Å². The summed E-state index contributed by atoms with van der Waals surface area (Å²) >= 11 is 3.29. The molecule has 0 fully saturated rings. The van der Waals surface area contributed by atoms with E-state index in [1.165, 1.54) is 55.5 Å². The van der Waals surface area contributed by atoms with E-state index in [1.54, 1.807) is 6.07 Å². The topological polar surface area (TPSA) is 125 Å².